The molecule has 0 fully saturated rings. The number of hydrogen-bond acceptors (Lipinski definition) is 3. The molecule has 0 aliphatic heterocycles. The van der Waals surface area contributed by atoms with Crippen molar-refractivity contribution in [2.24, 2.45) is 0 Å². The number of nitriles is 1. The lowest BCUT2D eigenvalue weighted by atomic mass is 10.1. The van der Waals surface area contributed by atoms with E-state index in [1.54, 1.807) is 30.3 Å². The zero-order chi connectivity index (χ0) is 16.0. The predicted octanol–water partition coefficient (Wildman–Crippen LogP) is 2.99. The summed E-state index contributed by atoms with van der Waals surface area (Å²) in [5, 5.41) is 9.95. The van der Waals surface area contributed by atoms with Crippen LogP contribution in [0.15, 0.2) is 60.0 Å². The van der Waals surface area contributed by atoms with Crippen LogP contribution in [0.4, 0.5) is 0 Å². The molecule has 0 saturated carbocycles. The molecule has 0 radical (unpaired) electrons. The van der Waals surface area contributed by atoms with E-state index >= 15 is 0 Å². The molecule has 0 heterocycles. The van der Waals surface area contributed by atoms with E-state index in [0.717, 1.165) is 11.1 Å². The first-order chi connectivity index (χ1) is 10.5. The lowest BCUT2D eigenvalue weighted by Crippen LogP contribution is -2.24. The summed E-state index contributed by atoms with van der Waals surface area (Å²) in [5.41, 5.74) is 2.22. The van der Waals surface area contributed by atoms with Gasteiger partial charge in [-0.25, -0.2) is 8.42 Å². The van der Waals surface area contributed by atoms with Crippen molar-refractivity contribution < 1.29 is 8.42 Å². The predicted molar refractivity (Wildman–Crippen MR) is 87.0 cm³/mol. The van der Waals surface area contributed by atoms with Gasteiger partial charge in [0, 0.05) is 19.0 Å². The van der Waals surface area contributed by atoms with E-state index in [1.165, 1.54) is 16.8 Å². The molecular weight excluding hydrogens is 296 g/mol. The molecule has 0 aromatic heterocycles. The SMILES string of the molecule is CN(Cc1ccc(C#N)cc1)S(=O)(=O)/C=C/c1ccccc1. The highest BCUT2D eigenvalue weighted by molar-refractivity contribution is 7.92. The van der Waals surface area contributed by atoms with Gasteiger partial charge in [-0.15, -0.1) is 0 Å². The Morgan fingerprint density at radius 2 is 1.73 bits per heavy atom. The molecule has 0 N–H and O–H groups in total. The van der Waals surface area contributed by atoms with Crippen LogP contribution in [0, 0.1) is 11.3 Å². The summed E-state index contributed by atoms with van der Waals surface area (Å²) < 4.78 is 25.7. The largest absolute Gasteiger partial charge is 0.236 e. The van der Waals surface area contributed by atoms with E-state index in [1.807, 2.05) is 36.4 Å². The van der Waals surface area contributed by atoms with Crippen LogP contribution < -0.4 is 0 Å². The van der Waals surface area contributed by atoms with Gasteiger partial charge in [0.1, 0.15) is 0 Å². The Hall–Kier alpha value is -2.42. The second kappa shape index (κ2) is 7.03. The van der Waals surface area contributed by atoms with E-state index in [9.17, 15) is 8.42 Å². The molecule has 0 unspecified atom stereocenters. The highest BCUT2D eigenvalue weighted by Gasteiger charge is 2.14. The van der Waals surface area contributed by atoms with Gasteiger partial charge in [-0.3, -0.25) is 0 Å². The topological polar surface area (TPSA) is 61.2 Å². The summed E-state index contributed by atoms with van der Waals surface area (Å²) >= 11 is 0. The lowest BCUT2D eigenvalue weighted by molar-refractivity contribution is 0.475. The Morgan fingerprint density at radius 1 is 1.09 bits per heavy atom. The first-order valence-electron chi connectivity index (χ1n) is 6.70. The minimum atomic E-state index is -3.48. The molecule has 0 aliphatic rings. The molecule has 0 spiro atoms. The fourth-order valence-electron chi connectivity index (χ4n) is 1.86. The summed E-state index contributed by atoms with van der Waals surface area (Å²) in [5.74, 6) is 0. The number of sulfonamides is 1. The second-order valence-corrected chi connectivity index (χ2v) is 6.75. The second-order valence-electron chi connectivity index (χ2n) is 4.82. The van der Waals surface area contributed by atoms with E-state index in [-0.39, 0.29) is 6.54 Å². The van der Waals surface area contributed by atoms with Crippen LogP contribution in [0.3, 0.4) is 0 Å². The molecule has 5 heteroatoms. The van der Waals surface area contributed by atoms with Gasteiger partial charge < -0.3 is 0 Å². The Kier molecular flexibility index (Phi) is 5.10. The van der Waals surface area contributed by atoms with Crippen molar-refractivity contribution in [1.82, 2.24) is 4.31 Å². The monoisotopic (exact) mass is 312 g/mol. The number of nitrogens with zero attached hydrogens (tertiary/aromatic N) is 2. The number of benzene rings is 2. The first kappa shape index (κ1) is 16.0. The van der Waals surface area contributed by atoms with Crippen molar-refractivity contribution in [3.63, 3.8) is 0 Å². The van der Waals surface area contributed by atoms with Crippen molar-refractivity contribution in [2.75, 3.05) is 7.05 Å². The van der Waals surface area contributed by atoms with Crippen LogP contribution in [0.2, 0.25) is 0 Å². The van der Waals surface area contributed by atoms with Gasteiger partial charge in [0.2, 0.25) is 10.0 Å². The highest BCUT2D eigenvalue weighted by atomic mass is 32.2. The summed E-state index contributed by atoms with van der Waals surface area (Å²) in [7, 11) is -1.95. The third kappa shape index (κ3) is 4.29. The zero-order valence-electron chi connectivity index (χ0n) is 12.2. The minimum Gasteiger partial charge on any atom is -0.208 e. The van der Waals surface area contributed by atoms with Crippen LogP contribution in [0.1, 0.15) is 16.7 Å². The van der Waals surface area contributed by atoms with E-state index in [4.69, 9.17) is 5.26 Å². The Balaban J connectivity index is 2.08. The summed E-state index contributed by atoms with van der Waals surface area (Å²) in [6.45, 7) is 0.257. The third-order valence-corrected chi connectivity index (χ3v) is 4.63. The van der Waals surface area contributed by atoms with Gasteiger partial charge >= 0.3 is 0 Å². The molecule has 0 atom stereocenters. The number of hydrogen-bond donors (Lipinski definition) is 0. The van der Waals surface area contributed by atoms with Crippen molar-refractivity contribution in [1.29, 1.82) is 5.26 Å². The smallest absolute Gasteiger partial charge is 0.208 e. The lowest BCUT2D eigenvalue weighted by Gasteiger charge is -2.14. The number of rotatable bonds is 5. The molecule has 0 saturated heterocycles. The van der Waals surface area contributed by atoms with Gasteiger partial charge in [-0.1, -0.05) is 42.5 Å². The Morgan fingerprint density at radius 3 is 2.32 bits per heavy atom. The van der Waals surface area contributed by atoms with Gasteiger partial charge in [0.15, 0.2) is 0 Å². The molecule has 112 valence electrons. The minimum absolute atomic E-state index is 0.257. The zero-order valence-corrected chi connectivity index (χ0v) is 13.0. The van der Waals surface area contributed by atoms with Crippen molar-refractivity contribution in [3.05, 3.63) is 76.7 Å². The molecule has 2 aromatic carbocycles. The maximum atomic E-state index is 12.2. The molecule has 4 nitrogen and oxygen atoms in total. The van der Waals surface area contributed by atoms with E-state index in [2.05, 4.69) is 0 Å². The average molecular weight is 312 g/mol. The highest BCUT2D eigenvalue weighted by Crippen LogP contribution is 2.11. The molecule has 0 aliphatic carbocycles. The molecule has 2 rings (SSSR count). The van der Waals surface area contributed by atoms with Crippen LogP contribution in [0.5, 0.6) is 0 Å². The van der Waals surface area contributed by atoms with Gasteiger partial charge in [0.05, 0.1) is 11.6 Å². The Bertz CT molecular complexity index is 789. The van der Waals surface area contributed by atoms with Crippen LogP contribution in [-0.4, -0.2) is 19.8 Å². The van der Waals surface area contributed by atoms with Crippen molar-refractivity contribution >= 4 is 16.1 Å². The quantitative estimate of drug-likeness (QED) is 0.852. The molecule has 0 amide bonds. The maximum Gasteiger partial charge on any atom is 0.236 e. The van der Waals surface area contributed by atoms with Crippen LogP contribution in [0.25, 0.3) is 6.08 Å². The molecule has 0 bridgehead atoms. The maximum absolute atomic E-state index is 12.2. The van der Waals surface area contributed by atoms with Gasteiger partial charge in [-0.05, 0) is 29.3 Å². The Labute approximate surface area is 131 Å². The van der Waals surface area contributed by atoms with Crippen LogP contribution >= 0.6 is 0 Å². The normalized spacial score (nSPS) is 11.7. The average Bonchev–Trinajstić information content (AvgIpc) is 2.54. The van der Waals surface area contributed by atoms with Crippen molar-refractivity contribution in [2.45, 2.75) is 6.54 Å². The first-order valence-corrected chi connectivity index (χ1v) is 8.20. The molecular formula is C17H16N2O2S. The van der Waals surface area contributed by atoms with Crippen LogP contribution in [-0.2, 0) is 16.6 Å². The fraction of sp³-hybridized carbons (Fsp3) is 0.118. The molecule has 2 aromatic rings. The van der Waals surface area contributed by atoms with Gasteiger partial charge in [0.25, 0.3) is 0 Å². The van der Waals surface area contributed by atoms with E-state index < -0.39 is 10.0 Å². The van der Waals surface area contributed by atoms with Crippen molar-refractivity contribution in [3.8, 4) is 6.07 Å². The van der Waals surface area contributed by atoms with Gasteiger partial charge in [-0.2, -0.15) is 9.57 Å². The van der Waals surface area contributed by atoms with E-state index in [0.29, 0.717) is 5.56 Å². The summed E-state index contributed by atoms with van der Waals surface area (Å²) in [6.07, 6.45) is 1.57. The summed E-state index contributed by atoms with van der Waals surface area (Å²) in [4.78, 5) is 0. The molecule has 22 heavy (non-hydrogen) atoms. The summed E-state index contributed by atoms with van der Waals surface area (Å²) in [6, 6.07) is 18.2. The third-order valence-electron chi connectivity index (χ3n) is 3.15. The standard InChI is InChI=1S/C17H16N2O2S/c1-19(14-17-9-7-16(13-18)8-10-17)22(20,21)12-11-15-5-3-2-4-6-15/h2-12H,14H2,1H3/b12-11+. The fourth-order valence-corrected chi connectivity index (χ4v) is 2.73.